The zero-order valence-corrected chi connectivity index (χ0v) is 16.8. The summed E-state index contributed by atoms with van der Waals surface area (Å²) in [5.41, 5.74) is 1.92. The van der Waals surface area contributed by atoms with E-state index >= 15 is 0 Å². The summed E-state index contributed by atoms with van der Waals surface area (Å²) in [5.74, 6) is 0.569. The molecule has 3 aromatic rings. The molecular weight excluding hydrogens is 391 g/mol. The van der Waals surface area contributed by atoms with E-state index < -0.39 is 6.04 Å². The highest BCUT2D eigenvalue weighted by molar-refractivity contribution is 7.12. The Labute approximate surface area is 172 Å². The van der Waals surface area contributed by atoms with Crippen LogP contribution >= 0.6 is 11.3 Å². The van der Waals surface area contributed by atoms with Crippen LogP contribution in [0.4, 0.5) is 4.39 Å². The third-order valence-electron chi connectivity index (χ3n) is 4.83. The lowest BCUT2D eigenvalue weighted by atomic mass is 9.97. The van der Waals surface area contributed by atoms with E-state index in [4.69, 9.17) is 9.47 Å². The van der Waals surface area contributed by atoms with Gasteiger partial charge in [0.1, 0.15) is 5.82 Å². The second kappa shape index (κ2) is 8.05. The molecule has 148 valence electrons. The van der Waals surface area contributed by atoms with Crippen molar-refractivity contribution in [2.45, 2.75) is 12.5 Å². The molecule has 0 fully saturated rings. The van der Waals surface area contributed by atoms with Gasteiger partial charge in [-0.05, 0) is 35.7 Å². The molecule has 1 amide bonds. The molecule has 1 atom stereocenters. The highest BCUT2D eigenvalue weighted by Gasteiger charge is 2.35. The van der Waals surface area contributed by atoms with Crippen molar-refractivity contribution >= 4 is 23.0 Å². The van der Waals surface area contributed by atoms with Gasteiger partial charge in [0.2, 0.25) is 0 Å². The average Bonchev–Trinajstić information content (AvgIpc) is 3.43. The van der Waals surface area contributed by atoms with E-state index in [1.807, 2.05) is 23.6 Å². The molecule has 5 nitrogen and oxygen atoms in total. The third kappa shape index (κ3) is 3.61. The first-order valence-corrected chi connectivity index (χ1v) is 9.91. The minimum absolute atomic E-state index is 0.247. The number of hydrazone groups is 1. The Morgan fingerprint density at radius 2 is 1.90 bits per heavy atom. The van der Waals surface area contributed by atoms with Gasteiger partial charge in [0.15, 0.2) is 11.5 Å². The van der Waals surface area contributed by atoms with Crippen LogP contribution in [0.2, 0.25) is 0 Å². The van der Waals surface area contributed by atoms with E-state index in [1.54, 1.807) is 44.6 Å². The zero-order valence-electron chi connectivity index (χ0n) is 16.0. The number of rotatable bonds is 5. The first-order chi connectivity index (χ1) is 14.1. The van der Waals surface area contributed by atoms with Crippen molar-refractivity contribution in [3.63, 3.8) is 0 Å². The maximum Gasteiger partial charge on any atom is 0.284 e. The fourth-order valence-corrected chi connectivity index (χ4v) is 4.04. The van der Waals surface area contributed by atoms with Crippen LogP contribution in [0.3, 0.4) is 0 Å². The summed E-state index contributed by atoms with van der Waals surface area (Å²) < 4.78 is 25.2. The monoisotopic (exact) mass is 410 g/mol. The predicted octanol–water partition coefficient (Wildman–Crippen LogP) is 4.90. The van der Waals surface area contributed by atoms with Gasteiger partial charge >= 0.3 is 0 Å². The Hall–Kier alpha value is -3.19. The van der Waals surface area contributed by atoms with Gasteiger partial charge in [0.25, 0.3) is 5.91 Å². The number of halogens is 1. The van der Waals surface area contributed by atoms with Crippen molar-refractivity contribution in [1.82, 2.24) is 5.01 Å². The second-order valence-electron chi connectivity index (χ2n) is 6.48. The number of hydrogen-bond acceptors (Lipinski definition) is 5. The Kier molecular flexibility index (Phi) is 5.31. The number of amides is 1. The Bertz CT molecular complexity index is 1070. The lowest BCUT2D eigenvalue weighted by molar-refractivity contribution is 0.0713. The number of methoxy groups -OCH3 is 2. The van der Waals surface area contributed by atoms with Gasteiger partial charge in [-0.15, -0.1) is 11.3 Å². The van der Waals surface area contributed by atoms with Gasteiger partial charge in [0.05, 0.1) is 30.9 Å². The molecule has 0 spiro atoms. The zero-order chi connectivity index (χ0) is 20.4. The van der Waals surface area contributed by atoms with Gasteiger partial charge in [-0.25, -0.2) is 9.40 Å². The molecule has 0 unspecified atom stereocenters. The van der Waals surface area contributed by atoms with Crippen molar-refractivity contribution < 1.29 is 18.7 Å². The van der Waals surface area contributed by atoms with Crippen LogP contribution in [0.5, 0.6) is 11.5 Å². The number of benzene rings is 2. The van der Waals surface area contributed by atoms with E-state index in [1.165, 1.54) is 22.4 Å². The van der Waals surface area contributed by atoms with Crippen LogP contribution in [0.25, 0.3) is 0 Å². The van der Waals surface area contributed by atoms with E-state index in [9.17, 15) is 9.18 Å². The first kappa shape index (κ1) is 19.1. The minimum Gasteiger partial charge on any atom is -0.493 e. The van der Waals surface area contributed by atoms with E-state index in [2.05, 4.69) is 5.10 Å². The van der Waals surface area contributed by atoms with Crippen molar-refractivity contribution in [2.24, 2.45) is 5.10 Å². The van der Waals surface area contributed by atoms with Crippen LogP contribution in [0.15, 0.2) is 65.1 Å². The van der Waals surface area contributed by atoms with Crippen LogP contribution in [-0.4, -0.2) is 30.8 Å². The SMILES string of the molecule is COc1ccc(C2=NN(C(=O)c3cccs3)[C@H](c3ccccc3F)C2)cc1OC. The lowest BCUT2D eigenvalue weighted by Gasteiger charge is -2.21. The quantitative estimate of drug-likeness (QED) is 0.601. The summed E-state index contributed by atoms with van der Waals surface area (Å²) in [6.45, 7) is 0. The molecule has 0 aliphatic carbocycles. The van der Waals surface area contributed by atoms with Crippen molar-refractivity contribution in [3.05, 3.63) is 81.8 Å². The fraction of sp³-hybridized carbons (Fsp3) is 0.182. The molecule has 1 aliphatic rings. The number of hydrogen-bond donors (Lipinski definition) is 0. The molecule has 4 rings (SSSR count). The molecule has 0 N–H and O–H groups in total. The summed E-state index contributed by atoms with van der Waals surface area (Å²) in [6.07, 6.45) is 0.396. The number of thiophene rings is 1. The molecule has 2 aromatic carbocycles. The molecule has 1 aliphatic heterocycles. The molecule has 29 heavy (non-hydrogen) atoms. The number of carbonyl (C=O) groups excluding carboxylic acids is 1. The molecule has 0 bridgehead atoms. The largest absolute Gasteiger partial charge is 0.493 e. The molecule has 7 heteroatoms. The van der Waals surface area contributed by atoms with Crippen LogP contribution in [0.1, 0.15) is 33.3 Å². The summed E-state index contributed by atoms with van der Waals surface area (Å²) in [5, 5.41) is 7.81. The summed E-state index contributed by atoms with van der Waals surface area (Å²) in [7, 11) is 3.13. The van der Waals surface area contributed by atoms with Gasteiger partial charge in [-0.1, -0.05) is 24.3 Å². The molecule has 0 saturated heterocycles. The average molecular weight is 410 g/mol. The third-order valence-corrected chi connectivity index (χ3v) is 5.69. The highest BCUT2D eigenvalue weighted by atomic mass is 32.1. The smallest absolute Gasteiger partial charge is 0.284 e. The summed E-state index contributed by atoms with van der Waals surface area (Å²) in [6, 6.07) is 15.0. The standard InChI is InChI=1S/C22H19FN2O3S/c1-27-19-10-9-14(12-20(19)28-2)17-13-18(15-6-3-4-7-16(15)23)25(24-17)22(26)21-8-5-11-29-21/h3-12,18H,13H2,1-2H3/t18-/m0/s1. The van der Waals surface area contributed by atoms with Crippen LogP contribution < -0.4 is 9.47 Å². The summed E-state index contributed by atoms with van der Waals surface area (Å²) in [4.78, 5) is 13.6. The normalized spacial score (nSPS) is 15.9. The van der Waals surface area contributed by atoms with Gasteiger partial charge in [-0.2, -0.15) is 5.10 Å². The summed E-state index contributed by atoms with van der Waals surface area (Å²) >= 11 is 1.34. The Morgan fingerprint density at radius 1 is 1.10 bits per heavy atom. The Balaban J connectivity index is 1.75. The van der Waals surface area contributed by atoms with Crippen LogP contribution in [0, 0.1) is 5.82 Å². The topological polar surface area (TPSA) is 51.1 Å². The van der Waals surface area contributed by atoms with Gasteiger partial charge in [0, 0.05) is 17.5 Å². The van der Waals surface area contributed by atoms with E-state index in [0.29, 0.717) is 34.1 Å². The molecule has 0 saturated carbocycles. The fourth-order valence-electron chi connectivity index (χ4n) is 3.39. The highest BCUT2D eigenvalue weighted by Crippen LogP contribution is 2.37. The van der Waals surface area contributed by atoms with E-state index in [-0.39, 0.29) is 11.7 Å². The predicted molar refractivity (Wildman–Crippen MR) is 110 cm³/mol. The number of ether oxygens (including phenoxy) is 2. The van der Waals surface area contributed by atoms with Crippen molar-refractivity contribution in [1.29, 1.82) is 0 Å². The Morgan fingerprint density at radius 3 is 2.59 bits per heavy atom. The first-order valence-electron chi connectivity index (χ1n) is 9.03. The second-order valence-corrected chi connectivity index (χ2v) is 7.43. The minimum atomic E-state index is -0.520. The van der Waals surface area contributed by atoms with Gasteiger partial charge in [-0.3, -0.25) is 4.79 Å². The van der Waals surface area contributed by atoms with Crippen molar-refractivity contribution in [2.75, 3.05) is 14.2 Å². The maximum atomic E-state index is 14.5. The molecule has 0 radical (unpaired) electrons. The molecule has 1 aromatic heterocycles. The lowest BCUT2D eigenvalue weighted by Crippen LogP contribution is -2.27. The van der Waals surface area contributed by atoms with Gasteiger partial charge < -0.3 is 9.47 Å². The molecular formula is C22H19FN2O3S. The number of nitrogens with zero attached hydrogens (tertiary/aromatic N) is 2. The van der Waals surface area contributed by atoms with E-state index in [0.717, 1.165) is 5.56 Å². The molecule has 2 heterocycles. The van der Waals surface area contributed by atoms with Crippen molar-refractivity contribution in [3.8, 4) is 11.5 Å². The van der Waals surface area contributed by atoms with Crippen LogP contribution in [-0.2, 0) is 0 Å². The number of carbonyl (C=O) groups is 1. The maximum absolute atomic E-state index is 14.5.